The number of esters is 1. The number of hydrogen-bond donors (Lipinski definition) is 2. The minimum absolute atomic E-state index is 0. The fraction of sp³-hybridized carbons (Fsp3) is 0.600. The van der Waals surface area contributed by atoms with E-state index in [1.54, 1.807) is 0 Å². The third kappa shape index (κ3) is 9.69. The number of hydrogen-bond acceptors (Lipinski definition) is 4. The van der Waals surface area contributed by atoms with Crippen LogP contribution in [-0.2, 0) is 9.53 Å². The van der Waals surface area contributed by atoms with Crippen LogP contribution in [-0.4, -0.2) is 43.4 Å². The topological polar surface area (TPSA) is 62.7 Å². The Kier molecular flexibility index (Phi) is 11.8. The summed E-state index contributed by atoms with van der Waals surface area (Å²) >= 11 is 1.95. The molecule has 0 aromatic heterocycles. The Balaban J connectivity index is 0.00000364. The predicted molar refractivity (Wildman–Crippen MR) is 124 cm³/mol. The molecule has 27 heavy (non-hydrogen) atoms. The number of carbonyl (C=O) groups excluding carboxylic acids is 1. The van der Waals surface area contributed by atoms with Gasteiger partial charge in [-0.1, -0.05) is 24.6 Å². The van der Waals surface area contributed by atoms with Crippen molar-refractivity contribution in [2.75, 3.05) is 26.7 Å². The molecule has 0 atom stereocenters. The van der Waals surface area contributed by atoms with Crippen molar-refractivity contribution in [3.63, 3.8) is 0 Å². The molecule has 1 aliphatic rings. The number of methoxy groups -OCH3 is 1. The van der Waals surface area contributed by atoms with Gasteiger partial charge in [0.05, 0.1) is 13.7 Å². The first-order valence-electron chi connectivity index (χ1n) is 9.50. The van der Waals surface area contributed by atoms with Crippen LogP contribution in [0.4, 0.5) is 0 Å². The molecule has 1 aromatic rings. The summed E-state index contributed by atoms with van der Waals surface area (Å²) in [5.41, 5.74) is 0. The second-order valence-electron chi connectivity index (χ2n) is 6.61. The molecule has 5 nitrogen and oxygen atoms in total. The van der Waals surface area contributed by atoms with Gasteiger partial charge in [0.1, 0.15) is 0 Å². The van der Waals surface area contributed by atoms with E-state index in [0.717, 1.165) is 44.9 Å². The lowest BCUT2D eigenvalue weighted by atomic mass is 10.2. The summed E-state index contributed by atoms with van der Waals surface area (Å²) in [6, 6.07) is 10.6. The van der Waals surface area contributed by atoms with Crippen molar-refractivity contribution in [2.24, 2.45) is 4.99 Å². The molecule has 0 radical (unpaired) electrons. The highest BCUT2D eigenvalue weighted by Crippen LogP contribution is 2.51. The van der Waals surface area contributed by atoms with Crippen LogP contribution in [0.15, 0.2) is 40.2 Å². The normalized spacial score (nSPS) is 14.8. The maximum absolute atomic E-state index is 11.1. The zero-order valence-corrected chi connectivity index (χ0v) is 19.5. The van der Waals surface area contributed by atoms with Gasteiger partial charge in [-0.3, -0.25) is 9.79 Å². The highest BCUT2D eigenvalue weighted by Gasteiger charge is 2.43. The third-order valence-corrected chi connectivity index (χ3v) is 5.81. The number of aliphatic imine (C=N–C) groups is 1. The summed E-state index contributed by atoms with van der Waals surface area (Å²) < 4.78 is 4.92. The Hall–Kier alpha value is -0.960. The first kappa shape index (κ1) is 24.1. The number of halogens is 1. The van der Waals surface area contributed by atoms with Gasteiger partial charge in [0.25, 0.3) is 0 Å². The molecule has 7 heteroatoms. The van der Waals surface area contributed by atoms with Gasteiger partial charge in [-0.15, -0.1) is 35.7 Å². The van der Waals surface area contributed by atoms with E-state index in [0.29, 0.717) is 6.42 Å². The number of carbonyl (C=O) groups is 1. The highest BCUT2D eigenvalue weighted by atomic mass is 127. The molecule has 0 bridgehead atoms. The minimum atomic E-state index is -0.126. The summed E-state index contributed by atoms with van der Waals surface area (Å²) in [7, 11) is 1.44. The summed E-state index contributed by atoms with van der Waals surface area (Å²) in [5, 5.41) is 6.72. The minimum Gasteiger partial charge on any atom is -0.469 e. The number of guanidine groups is 1. The van der Waals surface area contributed by atoms with Crippen LogP contribution in [0.5, 0.6) is 0 Å². The maximum Gasteiger partial charge on any atom is 0.305 e. The van der Waals surface area contributed by atoms with Crippen LogP contribution in [0, 0.1) is 0 Å². The smallest absolute Gasteiger partial charge is 0.305 e. The lowest BCUT2D eigenvalue weighted by Crippen LogP contribution is -2.38. The molecule has 0 amide bonds. The van der Waals surface area contributed by atoms with Crippen molar-refractivity contribution in [3.05, 3.63) is 30.3 Å². The summed E-state index contributed by atoms with van der Waals surface area (Å²) in [6.45, 7) is 4.64. The second kappa shape index (κ2) is 13.3. The van der Waals surface area contributed by atoms with Crippen LogP contribution in [0.3, 0.4) is 0 Å². The fourth-order valence-electron chi connectivity index (χ4n) is 2.62. The number of rotatable bonds is 11. The summed E-state index contributed by atoms with van der Waals surface area (Å²) in [5.74, 6) is 0.763. The van der Waals surface area contributed by atoms with E-state index in [9.17, 15) is 4.79 Å². The Labute approximate surface area is 184 Å². The molecule has 0 spiro atoms. The monoisotopic (exact) mass is 505 g/mol. The largest absolute Gasteiger partial charge is 0.469 e. The quantitative estimate of drug-likeness (QED) is 0.155. The summed E-state index contributed by atoms with van der Waals surface area (Å²) in [4.78, 5) is 17.2. The van der Waals surface area contributed by atoms with Gasteiger partial charge >= 0.3 is 5.97 Å². The molecule has 0 heterocycles. The second-order valence-corrected chi connectivity index (χ2v) is 8.15. The van der Waals surface area contributed by atoms with Crippen molar-refractivity contribution in [3.8, 4) is 0 Å². The van der Waals surface area contributed by atoms with E-state index in [-0.39, 0.29) is 34.7 Å². The molecule has 1 saturated carbocycles. The van der Waals surface area contributed by atoms with E-state index < -0.39 is 0 Å². The van der Waals surface area contributed by atoms with E-state index in [4.69, 9.17) is 4.99 Å². The van der Waals surface area contributed by atoms with Crippen LogP contribution in [0.2, 0.25) is 0 Å². The number of ether oxygens (including phenoxy) is 1. The summed E-state index contributed by atoms with van der Waals surface area (Å²) in [6.07, 6.45) is 5.86. The fourth-order valence-corrected chi connectivity index (χ4v) is 3.84. The average Bonchev–Trinajstić information content (AvgIpc) is 3.42. The lowest BCUT2D eigenvalue weighted by molar-refractivity contribution is -0.140. The average molecular weight is 505 g/mol. The van der Waals surface area contributed by atoms with Crippen molar-refractivity contribution < 1.29 is 9.53 Å². The van der Waals surface area contributed by atoms with Crippen molar-refractivity contribution in [2.45, 2.75) is 55.1 Å². The van der Waals surface area contributed by atoms with E-state index in [1.807, 2.05) is 11.8 Å². The SMILES string of the molecule is CCNC(=NCC1(Sc2ccccc2)CC1)NCCCCCC(=O)OC.I. The molecule has 0 aliphatic heterocycles. The Morgan fingerprint density at radius 1 is 1.19 bits per heavy atom. The highest BCUT2D eigenvalue weighted by molar-refractivity contribution is 14.0. The molecule has 0 unspecified atom stereocenters. The van der Waals surface area contributed by atoms with Crippen molar-refractivity contribution in [1.29, 1.82) is 0 Å². The van der Waals surface area contributed by atoms with Crippen LogP contribution < -0.4 is 10.6 Å². The van der Waals surface area contributed by atoms with Crippen LogP contribution in [0.1, 0.15) is 45.4 Å². The Bertz CT molecular complexity index is 580. The van der Waals surface area contributed by atoms with Crippen molar-refractivity contribution >= 4 is 47.7 Å². The van der Waals surface area contributed by atoms with Gasteiger partial charge in [-0.25, -0.2) is 0 Å². The van der Waals surface area contributed by atoms with Gasteiger partial charge in [-0.05, 0) is 44.7 Å². The van der Waals surface area contributed by atoms with Crippen LogP contribution >= 0.6 is 35.7 Å². The van der Waals surface area contributed by atoms with Gasteiger partial charge in [0.2, 0.25) is 0 Å². The molecule has 152 valence electrons. The first-order chi connectivity index (χ1) is 12.7. The van der Waals surface area contributed by atoms with E-state index >= 15 is 0 Å². The number of nitrogens with one attached hydrogen (secondary N) is 2. The molecular weight excluding hydrogens is 473 g/mol. The van der Waals surface area contributed by atoms with Gasteiger partial charge in [0.15, 0.2) is 5.96 Å². The van der Waals surface area contributed by atoms with Gasteiger partial charge < -0.3 is 15.4 Å². The zero-order chi connectivity index (χ0) is 18.7. The molecule has 0 saturated heterocycles. The van der Waals surface area contributed by atoms with Crippen LogP contribution in [0.25, 0.3) is 0 Å². The third-order valence-electron chi connectivity index (χ3n) is 4.33. The Morgan fingerprint density at radius 3 is 2.56 bits per heavy atom. The lowest BCUT2D eigenvalue weighted by Gasteiger charge is -2.15. The first-order valence-corrected chi connectivity index (χ1v) is 10.3. The van der Waals surface area contributed by atoms with Crippen molar-refractivity contribution in [1.82, 2.24) is 10.6 Å². The molecule has 1 fully saturated rings. The standard InChI is InChI=1S/C20H31N3O2S.HI/c1-3-21-19(22-15-9-5-8-12-18(24)25-2)23-16-20(13-14-20)26-17-10-6-4-7-11-17;/h4,6-7,10-11H,3,5,8-9,12-16H2,1-2H3,(H2,21,22,23);1H. The Morgan fingerprint density at radius 2 is 1.93 bits per heavy atom. The predicted octanol–water partition coefficient (Wildman–Crippen LogP) is 4.22. The molecule has 1 aromatic carbocycles. The number of thioether (sulfide) groups is 1. The molecule has 2 rings (SSSR count). The molecule has 1 aliphatic carbocycles. The molecular formula is C20H32IN3O2S. The maximum atomic E-state index is 11.1. The van der Waals surface area contributed by atoms with E-state index in [1.165, 1.54) is 24.8 Å². The van der Waals surface area contributed by atoms with Gasteiger partial charge in [0, 0.05) is 29.2 Å². The van der Waals surface area contributed by atoms with E-state index in [2.05, 4.69) is 52.6 Å². The number of unbranched alkanes of at least 4 members (excludes halogenated alkanes) is 2. The zero-order valence-electron chi connectivity index (χ0n) is 16.3. The molecule has 2 N–H and O–H groups in total. The number of benzene rings is 1. The van der Waals surface area contributed by atoms with Gasteiger partial charge in [-0.2, -0.15) is 0 Å². The number of nitrogens with zero attached hydrogens (tertiary/aromatic N) is 1.